The average Bonchev–Trinajstić information content (AvgIpc) is 2.44. The Labute approximate surface area is 134 Å². The molecular formula is C18H19BrO2. The molecule has 0 heterocycles. The van der Waals surface area contributed by atoms with Crippen molar-refractivity contribution in [1.82, 2.24) is 0 Å². The Balaban J connectivity index is 2.65. The second-order valence-electron chi connectivity index (χ2n) is 5.34. The number of hydrogen-bond donors (Lipinski definition) is 0. The lowest BCUT2D eigenvalue weighted by atomic mass is 9.94. The van der Waals surface area contributed by atoms with Crippen LogP contribution in [0.4, 0.5) is 0 Å². The number of aryl methyl sites for hydroxylation is 3. The van der Waals surface area contributed by atoms with Gasteiger partial charge in [-0.05, 0) is 62.1 Å². The molecule has 0 amide bonds. The van der Waals surface area contributed by atoms with Crippen LogP contribution in [0.1, 0.15) is 38.2 Å². The van der Waals surface area contributed by atoms with Gasteiger partial charge >= 0.3 is 0 Å². The first kappa shape index (κ1) is 15.8. The van der Waals surface area contributed by atoms with E-state index in [4.69, 9.17) is 4.74 Å². The van der Waals surface area contributed by atoms with Gasteiger partial charge in [-0.1, -0.05) is 28.1 Å². The van der Waals surface area contributed by atoms with Gasteiger partial charge in [0.1, 0.15) is 5.75 Å². The van der Waals surface area contributed by atoms with Crippen LogP contribution in [0.15, 0.2) is 28.7 Å². The summed E-state index contributed by atoms with van der Waals surface area (Å²) in [5.41, 5.74) is 5.47. The third-order valence-corrected chi connectivity index (χ3v) is 4.69. The monoisotopic (exact) mass is 346 g/mol. The van der Waals surface area contributed by atoms with Crippen molar-refractivity contribution in [1.29, 1.82) is 0 Å². The molecule has 0 atom stereocenters. The quantitative estimate of drug-likeness (QED) is 0.737. The number of halogens is 1. The highest BCUT2D eigenvalue weighted by Gasteiger charge is 2.21. The molecule has 0 aliphatic rings. The molecule has 0 N–H and O–H groups in total. The Morgan fingerprint density at radius 3 is 2.24 bits per heavy atom. The molecule has 21 heavy (non-hydrogen) atoms. The maximum Gasteiger partial charge on any atom is 0.197 e. The van der Waals surface area contributed by atoms with Gasteiger partial charge in [0.25, 0.3) is 0 Å². The fraction of sp³-hybridized carbons (Fsp3) is 0.278. The van der Waals surface area contributed by atoms with E-state index < -0.39 is 0 Å². The van der Waals surface area contributed by atoms with Crippen LogP contribution in [0.25, 0.3) is 0 Å². The van der Waals surface area contributed by atoms with Crippen LogP contribution in [0, 0.1) is 27.7 Å². The van der Waals surface area contributed by atoms with Gasteiger partial charge in [-0.15, -0.1) is 0 Å². The summed E-state index contributed by atoms with van der Waals surface area (Å²) in [6, 6.07) is 7.77. The van der Waals surface area contributed by atoms with Gasteiger partial charge < -0.3 is 4.74 Å². The maximum atomic E-state index is 12.9. The molecule has 0 spiro atoms. The largest absolute Gasteiger partial charge is 0.496 e. The van der Waals surface area contributed by atoms with Crippen molar-refractivity contribution in [2.24, 2.45) is 0 Å². The molecule has 0 aromatic heterocycles. The highest BCUT2D eigenvalue weighted by atomic mass is 79.9. The van der Waals surface area contributed by atoms with Crippen LogP contribution >= 0.6 is 15.9 Å². The minimum absolute atomic E-state index is 0.00292. The van der Waals surface area contributed by atoms with E-state index in [0.29, 0.717) is 16.9 Å². The van der Waals surface area contributed by atoms with E-state index in [9.17, 15) is 4.79 Å². The molecular weight excluding hydrogens is 328 g/mol. The molecule has 0 unspecified atom stereocenters. The summed E-state index contributed by atoms with van der Waals surface area (Å²) in [6.45, 7) is 7.93. The van der Waals surface area contributed by atoms with E-state index in [0.717, 1.165) is 21.2 Å². The lowest BCUT2D eigenvalue weighted by Crippen LogP contribution is -2.08. The molecule has 110 valence electrons. The Morgan fingerprint density at radius 2 is 1.67 bits per heavy atom. The predicted octanol–water partition coefficient (Wildman–Crippen LogP) is 4.92. The molecule has 2 rings (SSSR count). The van der Waals surface area contributed by atoms with Crippen molar-refractivity contribution >= 4 is 21.7 Å². The predicted molar refractivity (Wildman–Crippen MR) is 89.5 cm³/mol. The molecule has 2 nitrogen and oxygen atoms in total. The molecule has 2 aromatic rings. The first-order chi connectivity index (χ1) is 9.86. The van der Waals surface area contributed by atoms with E-state index in [1.807, 2.05) is 52.0 Å². The van der Waals surface area contributed by atoms with E-state index in [1.54, 1.807) is 7.11 Å². The van der Waals surface area contributed by atoms with E-state index in [2.05, 4.69) is 15.9 Å². The fourth-order valence-electron chi connectivity index (χ4n) is 2.41. The summed E-state index contributed by atoms with van der Waals surface area (Å²) in [5, 5.41) is 0. The molecule has 2 aromatic carbocycles. The van der Waals surface area contributed by atoms with Crippen LogP contribution in [-0.4, -0.2) is 12.9 Å². The lowest BCUT2D eigenvalue weighted by Gasteiger charge is -2.15. The third-order valence-electron chi connectivity index (χ3n) is 3.86. The SMILES string of the molecule is COc1c(C)cc(Br)c(C)c1C(=O)c1ccc(C)c(C)c1. The fourth-order valence-corrected chi connectivity index (χ4v) is 2.96. The molecule has 0 saturated carbocycles. The topological polar surface area (TPSA) is 26.3 Å². The standard InChI is InChI=1S/C18H19BrO2/c1-10-6-7-14(8-11(10)2)17(20)16-13(4)15(19)9-12(3)18(16)21-5/h6-9H,1-5H3. The van der Waals surface area contributed by atoms with Gasteiger partial charge in [-0.25, -0.2) is 0 Å². The van der Waals surface area contributed by atoms with Gasteiger partial charge in [-0.3, -0.25) is 4.79 Å². The number of benzene rings is 2. The van der Waals surface area contributed by atoms with Gasteiger partial charge in [0, 0.05) is 10.0 Å². The van der Waals surface area contributed by atoms with Gasteiger partial charge in [-0.2, -0.15) is 0 Å². The minimum atomic E-state index is -0.00292. The number of rotatable bonds is 3. The van der Waals surface area contributed by atoms with Crippen molar-refractivity contribution in [3.63, 3.8) is 0 Å². The van der Waals surface area contributed by atoms with Crippen molar-refractivity contribution in [3.8, 4) is 5.75 Å². The van der Waals surface area contributed by atoms with Gasteiger partial charge in [0.2, 0.25) is 0 Å². The van der Waals surface area contributed by atoms with E-state index >= 15 is 0 Å². The summed E-state index contributed by atoms with van der Waals surface area (Å²) in [4.78, 5) is 12.9. The summed E-state index contributed by atoms with van der Waals surface area (Å²) in [7, 11) is 1.60. The number of carbonyl (C=O) groups excluding carboxylic acids is 1. The van der Waals surface area contributed by atoms with Crippen molar-refractivity contribution in [2.75, 3.05) is 7.11 Å². The molecule has 0 radical (unpaired) electrons. The zero-order valence-electron chi connectivity index (χ0n) is 13.0. The summed E-state index contributed by atoms with van der Waals surface area (Å²) < 4.78 is 6.39. The smallest absolute Gasteiger partial charge is 0.197 e. The zero-order valence-corrected chi connectivity index (χ0v) is 14.6. The normalized spacial score (nSPS) is 10.6. The summed E-state index contributed by atoms with van der Waals surface area (Å²) >= 11 is 3.52. The van der Waals surface area contributed by atoms with Crippen molar-refractivity contribution in [2.45, 2.75) is 27.7 Å². The van der Waals surface area contributed by atoms with Crippen LogP contribution in [0.2, 0.25) is 0 Å². The highest BCUT2D eigenvalue weighted by molar-refractivity contribution is 9.10. The number of carbonyl (C=O) groups is 1. The van der Waals surface area contributed by atoms with Crippen LogP contribution in [-0.2, 0) is 0 Å². The molecule has 0 aliphatic carbocycles. The zero-order chi connectivity index (χ0) is 15.7. The summed E-state index contributed by atoms with van der Waals surface area (Å²) in [5.74, 6) is 0.649. The Kier molecular flexibility index (Phi) is 4.52. The maximum absolute atomic E-state index is 12.9. The molecule has 0 bridgehead atoms. The van der Waals surface area contributed by atoms with Gasteiger partial charge in [0.15, 0.2) is 5.78 Å². The lowest BCUT2D eigenvalue weighted by molar-refractivity contribution is 0.103. The molecule has 0 saturated heterocycles. The van der Waals surface area contributed by atoms with Gasteiger partial charge in [0.05, 0.1) is 12.7 Å². The first-order valence-electron chi connectivity index (χ1n) is 6.82. The molecule has 3 heteroatoms. The number of hydrogen-bond acceptors (Lipinski definition) is 2. The highest BCUT2D eigenvalue weighted by Crippen LogP contribution is 2.34. The number of methoxy groups -OCH3 is 1. The molecule has 0 aliphatic heterocycles. The second kappa shape index (κ2) is 6.02. The van der Waals surface area contributed by atoms with Crippen molar-refractivity contribution < 1.29 is 9.53 Å². The second-order valence-corrected chi connectivity index (χ2v) is 6.19. The number of ether oxygens (including phenoxy) is 1. The Morgan fingerprint density at radius 1 is 1.00 bits per heavy atom. The van der Waals surface area contributed by atoms with Crippen LogP contribution in [0.3, 0.4) is 0 Å². The van der Waals surface area contributed by atoms with Crippen LogP contribution < -0.4 is 4.74 Å². The average molecular weight is 347 g/mol. The van der Waals surface area contributed by atoms with E-state index in [1.165, 1.54) is 5.56 Å². The minimum Gasteiger partial charge on any atom is -0.496 e. The first-order valence-corrected chi connectivity index (χ1v) is 7.61. The van der Waals surface area contributed by atoms with Crippen molar-refractivity contribution in [3.05, 3.63) is 62.1 Å². The number of ketones is 1. The summed E-state index contributed by atoms with van der Waals surface area (Å²) in [6.07, 6.45) is 0. The third kappa shape index (κ3) is 2.88. The molecule has 0 fully saturated rings. The van der Waals surface area contributed by atoms with Crippen LogP contribution in [0.5, 0.6) is 5.75 Å². The van der Waals surface area contributed by atoms with E-state index in [-0.39, 0.29) is 5.78 Å². The Hall–Kier alpha value is -1.61. The Bertz CT molecular complexity index is 718.